The summed E-state index contributed by atoms with van der Waals surface area (Å²) >= 11 is 0. The number of oxime groups is 1. The molecule has 29 heavy (non-hydrogen) atoms. The van der Waals surface area contributed by atoms with Gasteiger partial charge in [-0.05, 0) is 42.3 Å². The second-order valence-corrected chi connectivity index (χ2v) is 5.85. The predicted octanol–water partition coefficient (Wildman–Crippen LogP) is 5.30. The molecule has 2 rings (SSSR count). The Morgan fingerprint density at radius 1 is 1.00 bits per heavy atom. The van der Waals surface area contributed by atoms with Gasteiger partial charge in [-0.1, -0.05) is 29.4 Å². The SMILES string of the molecule is N/C(=N\O)c1ccc(OCC/C=C/c2ccc(C(F)(F)F)cc2)c(C(F)(F)F)c1. The molecule has 10 heteroatoms. The number of alkyl halides is 6. The van der Waals surface area contributed by atoms with E-state index in [1.807, 2.05) is 0 Å². The van der Waals surface area contributed by atoms with Crippen LogP contribution < -0.4 is 10.5 Å². The maximum absolute atomic E-state index is 13.2. The van der Waals surface area contributed by atoms with Gasteiger partial charge in [0.2, 0.25) is 0 Å². The van der Waals surface area contributed by atoms with Crippen molar-refractivity contribution in [3.63, 3.8) is 0 Å². The molecule has 2 aromatic carbocycles. The lowest BCUT2D eigenvalue weighted by Gasteiger charge is -2.14. The third kappa shape index (κ3) is 6.16. The lowest BCUT2D eigenvalue weighted by molar-refractivity contribution is -0.139. The molecule has 0 aliphatic carbocycles. The molecular weight excluding hydrogens is 402 g/mol. The van der Waals surface area contributed by atoms with E-state index in [1.165, 1.54) is 24.3 Å². The highest BCUT2D eigenvalue weighted by atomic mass is 19.4. The molecule has 0 saturated carbocycles. The number of hydrogen-bond donors (Lipinski definition) is 2. The van der Waals surface area contributed by atoms with Crippen LogP contribution in [0, 0.1) is 0 Å². The van der Waals surface area contributed by atoms with Crippen LogP contribution in [-0.4, -0.2) is 17.6 Å². The predicted molar refractivity (Wildman–Crippen MR) is 94.5 cm³/mol. The monoisotopic (exact) mass is 418 g/mol. The van der Waals surface area contributed by atoms with Gasteiger partial charge in [-0.15, -0.1) is 0 Å². The van der Waals surface area contributed by atoms with Crippen LogP contribution in [0.1, 0.15) is 28.7 Å². The van der Waals surface area contributed by atoms with E-state index in [4.69, 9.17) is 15.7 Å². The molecule has 0 saturated heterocycles. The van der Waals surface area contributed by atoms with E-state index in [9.17, 15) is 26.3 Å². The number of halogens is 6. The zero-order valence-corrected chi connectivity index (χ0v) is 14.8. The molecule has 2 aromatic rings. The van der Waals surface area contributed by atoms with Crippen molar-refractivity contribution in [2.24, 2.45) is 10.9 Å². The van der Waals surface area contributed by atoms with Crippen molar-refractivity contribution in [2.75, 3.05) is 6.61 Å². The Bertz CT molecular complexity index is 887. The highest BCUT2D eigenvalue weighted by Gasteiger charge is 2.35. The fraction of sp³-hybridized carbons (Fsp3) is 0.211. The lowest BCUT2D eigenvalue weighted by Crippen LogP contribution is -2.16. The minimum Gasteiger partial charge on any atom is -0.493 e. The average molecular weight is 418 g/mol. The molecule has 0 spiro atoms. The maximum Gasteiger partial charge on any atom is 0.419 e. The molecule has 0 amide bonds. The number of benzene rings is 2. The summed E-state index contributed by atoms with van der Waals surface area (Å²) < 4.78 is 82.2. The van der Waals surface area contributed by atoms with Crippen LogP contribution in [0.3, 0.4) is 0 Å². The Hall–Kier alpha value is -3.17. The molecule has 0 aromatic heterocycles. The normalized spacial score (nSPS) is 13.1. The number of hydrogen-bond acceptors (Lipinski definition) is 3. The van der Waals surface area contributed by atoms with Crippen LogP contribution in [0.4, 0.5) is 26.3 Å². The Morgan fingerprint density at radius 3 is 2.21 bits per heavy atom. The molecule has 0 fully saturated rings. The molecule has 156 valence electrons. The Labute approximate surface area is 161 Å². The molecular formula is C19H16F6N2O2. The van der Waals surface area contributed by atoms with E-state index in [0.29, 0.717) is 11.6 Å². The van der Waals surface area contributed by atoms with Gasteiger partial charge in [0.25, 0.3) is 0 Å². The van der Waals surface area contributed by atoms with Gasteiger partial charge in [-0.3, -0.25) is 0 Å². The Morgan fingerprint density at radius 2 is 1.66 bits per heavy atom. The zero-order chi connectivity index (χ0) is 21.7. The van der Waals surface area contributed by atoms with E-state index in [2.05, 4.69) is 5.16 Å². The van der Waals surface area contributed by atoms with E-state index in [1.54, 1.807) is 6.08 Å². The second kappa shape index (κ2) is 8.89. The highest BCUT2D eigenvalue weighted by molar-refractivity contribution is 5.97. The van der Waals surface area contributed by atoms with Crippen molar-refractivity contribution in [3.05, 3.63) is 70.8 Å². The first kappa shape index (κ1) is 22.1. The average Bonchev–Trinajstić information content (AvgIpc) is 2.66. The first-order valence-electron chi connectivity index (χ1n) is 8.18. The third-order valence-electron chi connectivity index (χ3n) is 3.78. The van der Waals surface area contributed by atoms with Gasteiger partial charge in [-0.25, -0.2) is 0 Å². The summed E-state index contributed by atoms with van der Waals surface area (Å²) in [7, 11) is 0. The van der Waals surface area contributed by atoms with Crippen LogP contribution >= 0.6 is 0 Å². The van der Waals surface area contributed by atoms with Crippen LogP contribution in [0.25, 0.3) is 6.08 Å². The van der Waals surface area contributed by atoms with E-state index in [0.717, 1.165) is 18.2 Å². The van der Waals surface area contributed by atoms with Crippen LogP contribution in [0.5, 0.6) is 5.75 Å². The minimum atomic E-state index is -4.71. The minimum absolute atomic E-state index is 0.0941. The first-order chi connectivity index (χ1) is 13.5. The van der Waals surface area contributed by atoms with Crippen molar-refractivity contribution < 1.29 is 36.3 Å². The molecule has 0 atom stereocenters. The molecule has 3 N–H and O–H groups in total. The van der Waals surface area contributed by atoms with Crippen molar-refractivity contribution in [1.29, 1.82) is 0 Å². The van der Waals surface area contributed by atoms with Crippen molar-refractivity contribution in [3.8, 4) is 5.75 Å². The van der Waals surface area contributed by atoms with Crippen molar-refractivity contribution >= 4 is 11.9 Å². The third-order valence-corrected chi connectivity index (χ3v) is 3.78. The molecule has 0 radical (unpaired) electrons. The lowest BCUT2D eigenvalue weighted by atomic mass is 10.1. The standard InChI is InChI=1S/C19H16F6N2O2/c20-18(21,22)14-7-4-12(5-8-14)3-1-2-10-29-16-9-6-13(17(26)27-28)11-15(16)19(23,24)25/h1,3-9,11,28H,2,10H2,(H2,26,27)/b3-1+. The van der Waals surface area contributed by atoms with E-state index in [-0.39, 0.29) is 18.6 Å². The van der Waals surface area contributed by atoms with Gasteiger partial charge in [0, 0.05) is 5.56 Å². The van der Waals surface area contributed by atoms with Gasteiger partial charge in [-0.2, -0.15) is 26.3 Å². The van der Waals surface area contributed by atoms with Crippen molar-refractivity contribution in [2.45, 2.75) is 18.8 Å². The summed E-state index contributed by atoms with van der Waals surface area (Å²) in [6.07, 6.45) is -5.80. The number of rotatable bonds is 6. The summed E-state index contributed by atoms with van der Waals surface area (Å²) in [5.74, 6) is -0.892. The summed E-state index contributed by atoms with van der Waals surface area (Å²) in [6, 6.07) is 7.45. The fourth-order valence-electron chi connectivity index (χ4n) is 2.33. The quantitative estimate of drug-likeness (QED) is 0.167. The summed E-state index contributed by atoms with van der Waals surface area (Å²) in [6.45, 7) is -0.0941. The zero-order valence-electron chi connectivity index (χ0n) is 14.8. The molecule has 0 bridgehead atoms. The first-order valence-corrected chi connectivity index (χ1v) is 8.18. The highest BCUT2D eigenvalue weighted by Crippen LogP contribution is 2.37. The van der Waals surface area contributed by atoms with Gasteiger partial charge in [0.1, 0.15) is 5.75 Å². The topological polar surface area (TPSA) is 67.8 Å². The van der Waals surface area contributed by atoms with Crippen LogP contribution in [0.15, 0.2) is 53.7 Å². The number of amidine groups is 1. The smallest absolute Gasteiger partial charge is 0.419 e. The second-order valence-electron chi connectivity index (χ2n) is 5.85. The number of nitrogens with two attached hydrogens (primary N) is 1. The van der Waals surface area contributed by atoms with Gasteiger partial charge >= 0.3 is 12.4 Å². The van der Waals surface area contributed by atoms with Crippen LogP contribution in [-0.2, 0) is 12.4 Å². The molecule has 0 aliphatic heterocycles. The van der Waals surface area contributed by atoms with Crippen molar-refractivity contribution in [1.82, 2.24) is 0 Å². The summed E-state index contributed by atoms with van der Waals surface area (Å²) in [5.41, 5.74) is 3.85. The van der Waals surface area contributed by atoms with E-state index < -0.39 is 35.1 Å². The largest absolute Gasteiger partial charge is 0.493 e. The number of ether oxygens (including phenoxy) is 1. The van der Waals surface area contributed by atoms with Gasteiger partial charge < -0.3 is 15.7 Å². The van der Waals surface area contributed by atoms with E-state index >= 15 is 0 Å². The molecule has 0 unspecified atom stereocenters. The maximum atomic E-state index is 13.2. The number of nitrogens with zero attached hydrogens (tertiary/aromatic N) is 1. The summed E-state index contributed by atoms with van der Waals surface area (Å²) in [4.78, 5) is 0. The summed E-state index contributed by atoms with van der Waals surface area (Å²) in [5, 5.41) is 11.2. The van der Waals surface area contributed by atoms with Gasteiger partial charge in [0.15, 0.2) is 5.84 Å². The molecule has 4 nitrogen and oxygen atoms in total. The van der Waals surface area contributed by atoms with Crippen LogP contribution in [0.2, 0.25) is 0 Å². The fourth-order valence-corrected chi connectivity index (χ4v) is 2.33. The molecule has 0 aliphatic rings. The van der Waals surface area contributed by atoms with Gasteiger partial charge in [0.05, 0.1) is 17.7 Å². The molecule has 0 heterocycles. The Balaban J connectivity index is 2.00. The Kier molecular flexibility index (Phi) is 6.78.